The number of hydrogen-bond donors (Lipinski definition) is 2. The molecule has 13 heteroatoms. The Balaban J connectivity index is 1.36. The van der Waals surface area contributed by atoms with E-state index in [2.05, 4.69) is 10.1 Å². The number of rotatable bonds is 13. The number of aliphatic hydroxyl groups excluding tert-OH is 1. The van der Waals surface area contributed by atoms with Crippen LogP contribution >= 0.6 is 11.3 Å². The van der Waals surface area contributed by atoms with E-state index in [1.807, 2.05) is 60.0 Å². The lowest BCUT2D eigenvalue weighted by atomic mass is 9.84. The number of benzene rings is 3. The highest BCUT2D eigenvalue weighted by molar-refractivity contribution is 7.17. The molecule has 48 heavy (non-hydrogen) atoms. The molecule has 1 unspecified atom stereocenters. The Hall–Kier alpha value is -3.49. The molecule has 1 aromatic heterocycles. The van der Waals surface area contributed by atoms with Gasteiger partial charge in [0.05, 0.1) is 42.3 Å². The Kier molecular flexibility index (Phi) is 11.5. The van der Waals surface area contributed by atoms with Crippen LogP contribution in [-0.4, -0.2) is 60.3 Å². The Morgan fingerprint density at radius 1 is 0.917 bits per heavy atom. The van der Waals surface area contributed by atoms with Crippen LogP contribution in [0, 0.1) is 0 Å². The van der Waals surface area contributed by atoms with Crippen LogP contribution in [0.25, 0.3) is 10.1 Å². The summed E-state index contributed by atoms with van der Waals surface area (Å²) in [7, 11) is 0. The Morgan fingerprint density at radius 2 is 1.56 bits per heavy atom. The minimum Gasteiger partial charge on any atom is -0.393 e. The van der Waals surface area contributed by atoms with Crippen LogP contribution in [0.5, 0.6) is 0 Å². The second-order valence-corrected chi connectivity index (χ2v) is 12.7. The first kappa shape index (κ1) is 35.8. The maximum atomic E-state index is 13.4. The lowest BCUT2D eigenvalue weighted by Crippen LogP contribution is -2.43. The minimum absolute atomic E-state index is 0.0815. The summed E-state index contributed by atoms with van der Waals surface area (Å²) < 4.78 is 87.4. The summed E-state index contributed by atoms with van der Waals surface area (Å²) in [4.78, 5) is 7.60. The van der Waals surface area contributed by atoms with Crippen molar-refractivity contribution in [1.82, 2.24) is 4.90 Å². The van der Waals surface area contributed by atoms with E-state index in [1.54, 1.807) is 0 Å². The van der Waals surface area contributed by atoms with Crippen LogP contribution in [-0.2, 0) is 34.1 Å². The van der Waals surface area contributed by atoms with Crippen molar-refractivity contribution in [1.29, 1.82) is 0 Å². The lowest BCUT2D eigenvalue weighted by Gasteiger charge is -2.39. The van der Waals surface area contributed by atoms with Gasteiger partial charge in [-0.05, 0) is 77.5 Å². The maximum Gasteiger partial charge on any atom is 0.416 e. The molecule has 3 aromatic carbocycles. The molecule has 0 radical (unpaired) electrons. The number of hydrogen-bond acceptors (Lipinski definition) is 7. The number of piperidine rings is 1. The normalized spacial score (nSPS) is 16.7. The summed E-state index contributed by atoms with van der Waals surface area (Å²) >= 11 is 1.54. The maximum absolute atomic E-state index is 13.4. The number of aliphatic hydroxyl groups is 2. The van der Waals surface area contributed by atoms with E-state index in [4.69, 9.17) is 9.57 Å². The molecular weight excluding hydrogens is 658 g/mol. The Bertz CT molecular complexity index is 1630. The third kappa shape index (κ3) is 8.94. The van der Waals surface area contributed by atoms with Gasteiger partial charge in [-0.3, -0.25) is 0 Å². The number of likely N-dealkylation sites (tertiary alicyclic amines) is 1. The van der Waals surface area contributed by atoms with Crippen molar-refractivity contribution in [3.63, 3.8) is 0 Å². The highest BCUT2D eigenvalue weighted by atomic mass is 32.1. The molecule has 1 aliphatic heterocycles. The van der Waals surface area contributed by atoms with E-state index < -0.39 is 35.7 Å². The number of nitrogens with zero attached hydrogens (tertiary/aromatic N) is 2. The van der Waals surface area contributed by atoms with Gasteiger partial charge < -0.3 is 24.7 Å². The number of oxime groups is 1. The van der Waals surface area contributed by atoms with Gasteiger partial charge in [-0.2, -0.15) is 26.3 Å². The molecule has 2 N–H and O–H groups in total. The summed E-state index contributed by atoms with van der Waals surface area (Å²) in [6.07, 6.45) is -8.32. The predicted molar refractivity (Wildman–Crippen MR) is 172 cm³/mol. The molecule has 1 aliphatic rings. The summed E-state index contributed by atoms with van der Waals surface area (Å²) in [5, 5.41) is 27.9. The van der Waals surface area contributed by atoms with Crippen molar-refractivity contribution in [2.45, 2.75) is 49.7 Å². The number of fused-ring (bicyclic) bond motifs is 1. The monoisotopic (exact) mass is 694 g/mol. The number of thiophene rings is 1. The van der Waals surface area contributed by atoms with Gasteiger partial charge in [0.25, 0.3) is 0 Å². The van der Waals surface area contributed by atoms with Crippen molar-refractivity contribution >= 4 is 27.1 Å². The van der Waals surface area contributed by atoms with Crippen molar-refractivity contribution in [3.8, 4) is 0 Å². The van der Waals surface area contributed by atoms with Crippen LogP contribution in [0.15, 0.2) is 83.3 Å². The zero-order valence-corrected chi connectivity index (χ0v) is 26.8. The van der Waals surface area contributed by atoms with Crippen LogP contribution in [0.3, 0.4) is 0 Å². The van der Waals surface area contributed by atoms with Gasteiger partial charge in [-0.1, -0.05) is 53.7 Å². The molecule has 5 rings (SSSR count). The van der Waals surface area contributed by atoms with Crippen molar-refractivity contribution in [2.75, 3.05) is 39.5 Å². The minimum atomic E-state index is -4.98. The van der Waals surface area contributed by atoms with Gasteiger partial charge in [-0.25, -0.2) is 0 Å². The smallest absolute Gasteiger partial charge is 0.393 e. The average Bonchev–Trinajstić information content (AvgIpc) is 3.49. The molecule has 0 amide bonds. The van der Waals surface area contributed by atoms with Gasteiger partial charge in [0, 0.05) is 23.7 Å². The highest BCUT2D eigenvalue weighted by Gasteiger charge is 2.37. The van der Waals surface area contributed by atoms with E-state index in [-0.39, 0.29) is 37.4 Å². The van der Waals surface area contributed by atoms with Crippen molar-refractivity contribution in [2.24, 2.45) is 5.16 Å². The number of halogens is 6. The predicted octanol–water partition coefficient (Wildman–Crippen LogP) is 7.98. The average molecular weight is 695 g/mol. The molecule has 0 saturated carbocycles. The molecule has 258 valence electrons. The standard InChI is InChI=1S/C35H36F6N2O4S/c36-34(37,38)26-18-24(19-27(20-26)35(39,40)41)21-46-22-31(42-47-17-16-44)28(30-23-48-32-9-5-4-8-29(30)32)10-13-43-14-11-33(45,12-15-43)25-6-2-1-3-7-25/h1-9,18-20,23,28,44-45H,10-17,21-22H2/b42-31+. The summed E-state index contributed by atoms with van der Waals surface area (Å²) in [6, 6.07) is 18.7. The molecule has 0 spiro atoms. The van der Waals surface area contributed by atoms with E-state index in [9.17, 15) is 36.6 Å². The molecule has 1 fully saturated rings. The first-order chi connectivity index (χ1) is 22.9. The van der Waals surface area contributed by atoms with E-state index in [0.29, 0.717) is 56.7 Å². The van der Waals surface area contributed by atoms with Crippen LogP contribution in [0.1, 0.15) is 53.0 Å². The van der Waals surface area contributed by atoms with E-state index in [0.717, 1.165) is 21.2 Å². The highest BCUT2D eigenvalue weighted by Crippen LogP contribution is 2.38. The third-order valence-corrected chi connectivity index (χ3v) is 9.53. The number of alkyl halides is 6. The summed E-state index contributed by atoms with van der Waals surface area (Å²) in [5.74, 6) is -0.387. The van der Waals surface area contributed by atoms with Gasteiger partial charge >= 0.3 is 12.4 Å². The molecule has 2 heterocycles. The molecule has 6 nitrogen and oxygen atoms in total. The second-order valence-electron chi connectivity index (χ2n) is 11.8. The van der Waals surface area contributed by atoms with Crippen LogP contribution < -0.4 is 0 Å². The lowest BCUT2D eigenvalue weighted by molar-refractivity contribution is -0.143. The van der Waals surface area contributed by atoms with E-state index in [1.165, 1.54) is 11.3 Å². The first-order valence-electron chi connectivity index (χ1n) is 15.5. The molecule has 0 aliphatic carbocycles. The molecular formula is C35H36F6N2O4S. The van der Waals surface area contributed by atoms with Crippen molar-refractivity contribution in [3.05, 3.63) is 106 Å². The van der Waals surface area contributed by atoms with E-state index >= 15 is 0 Å². The molecule has 0 bridgehead atoms. The largest absolute Gasteiger partial charge is 0.416 e. The fourth-order valence-electron chi connectivity index (χ4n) is 6.00. The first-order valence-corrected chi connectivity index (χ1v) is 16.4. The van der Waals surface area contributed by atoms with Crippen LogP contribution in [0.4, 0.5) is 26.3 Å². The molecule has 4 aromatic rings. The molecule has 1 atom stereocenters. The Labute approximate surface area is 278 Å². The van der Waals surface area contributed by atoms with Crippen LogP contribution in [0.2, 0.25) is 0 Å². The molecule has 1 saturated heterocycles. The van der Waals surface area contributed by atoms with Gasteiger partial charge in [0.1, 0.15) is 6.61 Å². The third-order valence-electron chi connectivity index (χ3n) is 8.55. The SMILES string of the molecule is OCCO/N=C(\COCc1cc(C(F)(F)F)cc(C(F)(F)F)c1)C(CCN1CCC(O)(c2ccccc2)CC1)c1csc2ccccc12. The zero-order chi connectivity index (χ0) is 34.4. The number of ether oxygens (including phenoxy) is 1. The fourth-order valence-corrected chi connectivity index (χ4v) is 7.02. The van der Waals surface area contributed by atoms with Gasteiger partial charge in [0.15, 0.2) is 0 Å². The second kappa shape index (κ2) is 15.4. The van der Waals surface area contributed by atoms with Gasteiger partial charge in [-0.15, -0.1) is 11.3 Å². The topological polar surface area (TPSA) is 74.5 Å². The summed E-state index contributed by atoms with van der Waals surface area (Å²) in [6.45, 7) is 0.687. The Morgan fingerprint density at radius 3 is 2.21 bits per heavy atom. The van der Waals surface area contributed by atoms with Crippen molar-refractivity contribution < 1.29 is 46.1 Å². The zero-order valence-electron chi connectivity index (χ0n) is 25.9. The summed E-state index contributed by atoms with van der Waals surface area (Å²) in [5.41, 5.74) is -1.85. The fraction of sp³-hybridized carbons (Fsp3) is 0.400. The quantitative estimate of drug-likeness (QED) is 0.0643. The van der Waals surface area contributed by atoms with Gasteiger partial charge in [0.2, 0.25) is 0 Å².